The van der Waals surface area contributed by atoms with Gasteiger partial charge in [0.05, 0.1) is 25.4 Å². The molecule has 26 heavy (non-hydrogen) atoms. The SMILES string of the molecule is O=C(Oc1c(Br)cc(C(F)(F)F)cc1[N+](=O)[O-])c1ccc([N+](=O)[O-])cc1. The van der Waals surface area contributed by atoms with E-state index in [9.17, 15) is 38.2 Å². The molecule has 0 amide bonds. The fourth-order valence-corrected chi connectivity index (χ4v) is 2.38. The molecule has 0 saturated carbocycles. The Morgan fingerprint density at radius 2 is 1.62 bits per heavy atom. The average Bonchev–Trinajstić information content (AvgIpc) is 2.55. The fourth-order valence-electron chi connectivity index (χ4n) is 1.85. The van der Waals surface area contributed by atoms with Gasteiger partial charge in [0, 0.05) is 18.2 Å². The van der Waals surface area contributed by atoms with Crippen molar-refractivity contribution in [3.05, 3.63) is 72.2 Å². The molecule has 0 unspecified atom stereocenters. The van der Waals surface area contributed by atoms with Gasteiger partial charge in [-0.05, 0) is 34.1 Å². The second-order valence-corrected chi connectivity index (χ2v) is 5.61. The number of carbonyl (C=O) groups is 1. The first-order chi connectivity index (χ1) is 12.0. The van der Waals surface area contributed by atoms with Crippen molar-refractivity contribution in [2.75, 3.05) is 0 Å². The van der Waals surface area contributed by atoms with Crippen molar-refractivity contribution in [3.63, 3.8) is 0 Å². The number of halogens is 4. The molecule has 0 N–H and O–H groups in total. The smallest absolute Gasteiger partial charge is 0.414 e. The highest BCUT2D eigenvalue weighted by Crippen LogP contribution is 2.41. The molecule has 8 nitrogen and oxygen atoms in total. The summed E-state index contributed by atoms with van der Waals surface area (Å²) in [5.41, 5.74) is -2.85. The number of nitro benzene ring substituents is 2. The molecule has 0 radical (unpaired) electrons. The van der Waals surface area contributed by atoms with Crippen LogP contribution in [0.2, 0.25) is 0 Å². The lowest BCUT2D eigenvalue weighted by molar-refractivity contribution is -0.385. The van der Waals surface area contributed by atoms with Gasteiger partial charge in [0.2, 0.25) is 5.75 Å². The summed E-state index contributed by atoms with van der Waals surface area (Å²) in [6.07, 6.45) is -4.84. The van der Waals surface area contributed by atoms with Gasteiger partial charge in [-0.1, -0.05) is 0 Å². The molecule has 12 heteroatoms. The van der Waals surface area contributed by atoms with E-state index in [0.29, 0.717) is 6.07 Å². The maximum atomic E-state index is 12.8. The zero-order valence-electron chi connectivity index (χ0n) is 12.3. The molecule has 0 heterocycles. The largest absolute Gasteiger partial charge is 0.416 e. The molecule has 0 aliphatic rings. The van der Waals surface area contributed by atoms with Crippen LogP contribution in [0.1, 0.15) is 15.9 Å². The van der Waals surface area contributed by atoms with Crippen molar-refractivity contribution >= 4 is 33.3 Å². The maximum Gasteiger partial charge on any atom is 0.416 e. The van der Waals surface area contributed by atoms with Crippen LogP contribution in [0.25, 0.3) is 0 Å². The number of hydrogen-bond acceptors (Lipinski definition) is 6. The number of hydrogen-bond donors (Lipinski definition) is 0. The zero-order chi connectivity index (χ0) is 19.6. The second kappa shape index (κ2) is 7.07. The third-order valence-electron chi connectivity index (χ3n) is 3.06. The lowest BCUT2D eigenvalue weighted by atomic mass is 10.1. The molecule has 2 aromatic rings. The van der Waals surface area contributed by atoms with Crippen LogP contribution < -0.4 is 4.74 Å². The van der Waals surface area contributed by atoms with Gasteiger partial charge in [0.25, 0.3) is 5.69 Å². The van der Waals surface area contributed by atoms with Gasteiger partial charge in [0.1, 0.15) is 0 Å². The zero-order valence-corrected chi connectivity index (χ0v) is 13.9. The molecule has 2 aromatic carbocycles. The number of non-ortho nitro benzene ring substituents is 1. The number of esters is 1. The molecule has 136 valence electrons. The van der Waals surface area contributed by atoms with Gasteiger partial charge in [-0.25, -0.2) is 4.79 Å². The minimum atomic E-state index is -4.84. The van der Waals surface area contributed by atoms with Gasteiger partial charge in [-0.3, -0.25) is 20.2 Å². The van der Waals surface area contributed by atoms with Crippen LogP contribution in [0.5, 0.6) is 5.75 Å². The van der Waals surface area contributed by atoms with E-state index < -0.39 is 43.5 Å². The Balaban J connectivity index is 2.40. The van der Waals surface area contributed by atoms with E-state index in [1.165, 1.54) is 0 Å². The standard InChI is InChI=1S/C14H6BrF3N2O6/c15-10-5-8(14(16,17)18)6-11(20(24)25)12(10)26-13(21)7-1-3-9(4-2-7)19(22)23/h1-6H. The predicted octanol–water partition coefficient (Wildman–Crippen LogP) is 4.50. The molecule has 0 saturated heterocycles. The predicted molar refractivity (Wildman–Crippen MR) is 83.9 cm³/mol. The first-order valence-electron chi connectivity index (χ1n) is 6.52. The Kier molecular flexibility index (Phi) is 5.25. The van der Waals surface area contributed by atoms with Gasteiger partial charge < -0.3 is 4.74 Å². The van der Waals surface area contributed by atoms with E-state index in [4.69, 9.17) is 4.74 Å². The van der Waals surface area contributed by atoms with Crippen LogP contribution in [0.15, 0.2) is 40.9 Å². The summed E-state index contributed by atoms with van der Waals surface area (Å²) in [5.74, 6) is -1.85. The van der Waals surface area contributed by atoms with Crippen LogP contribution in [-0.4, -0.2) is 15.8 Å². The molecule has 0 spiro atoms. The van der Waals surface area contributed by atoms with E-state index in [0.717, 1.165) is 24.3 Å². The van der Waals surface area contributed by atoms with Gasteiger partial charge in [-0.15, -0.1) is 0 Å². The Morgan fingerprint density at radius 3 is 2.08 bits per heavy atom. The van der Waals surface area contributed by atoms with E-state index in [-0.39, 0.29) is 17.3 Å². The van der Waals surface area contributed by atoms with Crippen LogP contribution in [0.3, 0.4) is 0 Å². The molecule has 0 aromatic heterocycles. The van der Waals surface area contributed by atoms with Crippen molar-refractivity contribution in [2.24, 2.45) is 0 Å². The van der Waals surface area contributed by atoms with E-state index >= 15 is 0 Å². The minimum Gasteiger partial charge on any atom is -0.414 e. The van der Waals surface area contributed by atoms with E-state index in [2.05, 4.69) is 15.9 Å². The van der Waals surface area contributed by atoms with Gasteiger partial charge >= 0.3 is 17.8 Å². The highest BCUT2D eigenvalue weighted by Gasteiger charge is 2.35. The summed E-state index contributed by atoms with van der Waals surface area (Å²) in [7, 11) is 0. The number of carbonyl (C=O) groups excluding carboxylic acids is 1. The highest BCUT2D eigenvalue weighted by molar-refractivity contribution is 9.10. The first kappa shape index (κ1) is 19.3. The van der Waals surface area contributed by atoms with Gasteiger partial charge in [0.15, 0.2) is 0 Å². The number of nitrogens with zero attached hydrogens (tertiary/aromatic N) is 2. The summed E-state index contributed by atoms with van der Waals surface area (Å²) in [6.45, 7) is 0. The third kappa shape index (κ3) is 4.14. The summed E-state index contributed by atoms with van der Waals surface area (Å²) in [6, 6.07) is 4.88. The monoisotopic (exact) mass is 434 g/mol. The number of benzene rings is 2. The van der Waals surface area contributed by atoms with E-state index in [1.54, 1.807) is 0 Å². The minimum absolute atomic E-state index is 0.184. The summed E-state index contributed by atoms with van der Waals surface area (Å²) < 4.78 is 42.7. The quantitative estimate of drug-likeness (QED) is 0.303. The maximum absolute atomic E-state index is 12.8. The summed E-state index contributed by atoms with van der Waals surface area (Å²) >= 11 is 2.72. The Hall–Kier alpha value is -3.02. The second-order valence-electron chi connectivity index (χ2n) is 4.75. The van der Waals surface area contributed by atoms with Crippen LogP contribution >= 0.6 is 15.9 Å². The third-order valence-corrected chi connectivity index (χ3v) is 3.65. The van der Waals surface area contributed by atoms with Crippen LogP contribution in [0, 0.1) is 20.2 Å². The van der Waals surface area contributed by atoms with Crippen molar-refractivity contribution in [3.8, 4) is 5.75 Å². The molecule has 0 aliphatic heterocycles. The summed E-state index contributed by atoms with van der Waals surface area (Å²) in [5, 5.41) is 21.6. The lowest BCUT2D eigenvalue weighted by Gasteiger charge is -2.11. The molecule has 0 fully saturated rings. The number of rotatable bonds is 4. The van der Waals surface area contributed by atoms with Crippen molar-refractivity contribution in [1.29, 1.82) is 0 Å². The average molecular weight is 435 g/mol. The van der Waals surface area contributed by atoms with Crippen LogP contribution in [-0.2, 0) is 6.18 Å². The molecule has 0 bridgehead atoms. The molecular formula is C14H6BrF3N2O6. The Bertz CT molecular complexity index is 899. The van der Waals surface area contributed by atoms with E-state index in [1.807, 2.05) is 0 Å². The lowest BCUT2D eigenvalue weighted by Crippen LogP contribution is -2.12. The summed E-state index contributed by atoms with van der Waals surface area (Å²) in [4.78, 5) is 31.8. The highest BCUT2D eigenvalue weighted by atomic mass is 79.9. The number of ether oxygens (including phenoxy) is 1. The number of alkyl halides is 3. The van der Waals surface area contributed by atoms with Crippen LogP contribution in [0.4, 0.5) is 24.5 Å². The molecule has 0 atom stereocenters. The Labute approximate surface area is 150 Å². The van der Waals surface area contributed by atoms with Gasteiger partial charge in [-0.2, -0.15) is 13.2 Å². The molecule has 0 aliphatic carbocycles. The molecular weight excluding hydrogens is 429 g/mol. The Morgan fingerprint density at radius 1 is 1.04 bits per heavy atom. The van der Waals surface area contributed by atoms with Crippen molar-refractivity contribution in [2.45, 2.75) is 6.18 Å². The topological polar surface area (TPSA) is 113 Å². The fraction of sp³-hybridized carbons (Fsp3) is 0.0714. The molecule has 2 rings (SSSR count). The van der Waals surface area contributed by atoms with Crippen molar-refractivity contribution in [1.82, 2.24) is 0 Å². The van der Waals surface area contributed by atoms with Crippen molar-refractivity contribution < 1.29 is 32.5 Å². The number of nitro groups is 2. The normalized spacial score (nSPS) is 11.1. The first-order valence-corrected chi connectivity index (χ1v) is 7.31.